The van der Waals surface area contributed by atoms with Crippen molar-refractivity contribution in [2.75, 3.05) is 13.1 Å². The Bertz CT molecular complexity index is 804. The monoisotopic (exact) mass is 368 g/mol. The SMILES string of the molecule is Cc1ccc2c(c1)c(C1CCN(C(=O)C[C@@H](C)CC(C)(C)C)CC1)cn2C. The molecule has 2 heterocycles. The zero-order valence-electron chi connectivity index (χ0n) is 18.0. The molecule has 3 heteroatoms. The van der Waals surface area contributed by atoms with E-state index in [1.54, 1.807) is 0 Å². The number of nitrogens with zero attached hydrogens (tertiary/aromatic N) is 2. The van der Waals surface area contributed by atoms with Crippen LogP contribution < -0.4 is 0 Å². The highest BCUT2D eigenvalue weighted by Crippen LogP contribution is 2.35. The number of carbonyl (C=O) groups excluding carboxylic acids is 1. The molecule has 27 heavy (non-hydrogen) atoms. The second-order valence-electron chi connectivity index (χ2n) is 9.95. The molecule has 0 radical (unpaired) electrons. The molecule has 1 aromatic heterocycles. The van der Waals surface area contributed by atoms with Crippen molar-refractivity contribution >= 4 is 16.8 Å². The summed E-state index contributed by atoms with van der Waals surface area (Å²) in [6, 6.07) is 6.73. The van der Waals surface area contributed by atoms with Crippen molar-refractivity contribution in [2.24, 2.45) is 18.4 Å². The number of carbonyl (C=O) groups is 1. The first-order valence-corrected chi connectivity index (χ1v) is 10.5. The van der Waals surface area contributed by atoms with Crippen molar-refractivity contribution < 1.29 is 4.79 Å². The van der Waals surface area contributed by atoms with Gasteiger partial charge in [0.25, 0.3) is 0 Å². The van der Waals surface area contributed by atoms with Crippen LogP contribution in [0.25, 0.3) is 10.9 Å². The van der Waals surface area contributed by atoms with Crippen LogP contribution in [-0.4, -0.2) is 28.5 Å². The summed E-state index contributed by atoms with van der Waals surface area (Å²) in [5, 5.41) is 1.39. The smallest absolute Gasteiger partial charge is 0.222 e. The van der Waals surface area contributed by atoms with Crippen molar-refractivity contribution in [3.63, 3.8) is 0 Å². The molecular formula is C24H36N2O. The number of hydrogen-bond donors (Lipinski definition) is 0. The summed E-state index contributed by atoms with van der Waals surface area (Å²) in [7, 11) is 2.14. The molecule has 0 N–H and O–H groups in total. The van der Waals surface area contributed by atoms with Crippen LogP contribution >= 0.6 is 0 Å². The quantitative estimate of drug-likeness (QED) is 0.684. The lowest BCUT2D eigenvalue weighted by Gasteiger charge is -2.33. The van der Waals surface area contributed by atoms with Gasteiger partial charge in [-0.05, 0) is 61.1 Å². The minimum Gasteiger partial charge on any atom is -0.350 e. The molecule has 0 saturated carbocycles. The van der Waals surface area contributed by atoms with E-state index in [0.717, 1.165) is 32.4 Å². The van der Waals surface area contributed by atoms with E-state index in [9.17, 15) is 4.79 Å². The predicted molar refractivity (Wildman–Crippen MR) is 114 cm³/mol. The van der Waals surface area contributed by atoms with Gasteiger partial charge in [0.2, 0.25) is 5.91 Å². The average Bonchev–Trinajstić information content (AvgIpc) is 2.89. The van der Waals surface area contributed by atoms with Crippen LogP contribution in [0.2, 0.25) is 0 Å². The van der Waals surface area contributed by atoms with Crippen LogP contribution in [0.5, 0.6) is 0 Å². The molecule has 2 aromatic rings. The van der Waals surface area contributed by atoms with Crippen molar-refractivity contribution in [1.29, 1.82) is 0 Å². The van der Waals surface area contributed by atoms with Crippen molar-refractivity contribution in [2.45, 2.75) is 66.2 Å². The van der Waals surface area contributed by atoms with Crippen LogP contribution in [0.1, 0.15) is 70.4 Å². The summed E-state index contributed by atoms with van der Waals surface area (Å²) >= 11 is 0. The Balaban J connectivity index is 1.62. The van der Waals surface area contributed by atoms with Crippen LogP contribution in [-0.2, 0) is 11.8 Å². The lowest BCUT2D eigenvalue weighted by molar-refractivity contribution is -0.133. The topological polar surface area (TPSA) is 25.2 Å². The number of likely N-dealkylation sites (tertiary alicyclic amines) is 1. The van der Waals surface area contributed by atoms with Crippen LogP contribution in [0.4, 0.5) is 0 Å². The fourth-order valence-electron chi connectivity index (χ4n) is 4.85. The van der Waals surface area contributed by atoms with Gasteiger partial charge in [0.15, 0.2) is 0 Å². The summed E-state index contributed by atoms with van der Waals surface area (Å²) in [5.74, 6) is 1.36. The van der Waals surface area contributed by atoms with E-state index < -0.39 is 0 Å². The highest BCUT2D eigenvalue weighted by Gasteiger charge is 2.27. The first kappa shape index (κ1) is 20.0. The Morgan fingerprint density at radius 1 is 1.22 bits per heavy atom. The fourth-order valence-corrected chi connectivity index (χ4v) is 4.85. The largest absolute Gasteiger partial charge is 0.350 e. The molecule has 1 saturated heterocycles. The minimum atomic E-state index is 0.291. The van der Waals surface area contributed by atoms with Crippen molar-refractivity contribution in [3.05, 3.63) is 35.5 Å². The third-order valence-corrected chi connectivity index (χ3v) is 5.95. The third kappa shape index (κ3) is 4.75. The molecule has 0 aliphatic carbocycles. The van der Waals surface area contributed by atoms with Crippen LogP contribution in [0.15, 0.2) is 24.4 Å². The van der Waals surface area contributed by atoms with E-state index in [4.69, 9.17) is 0 Å². The first-order valence-electron chi connectivity index (χ1n) is 10.5. The van der Waals surface area contributed by atoms with E-state index in [1.807, 2.05) is 0 Å². The van der Waals surface area contributed by atoms with E-state index >= 15 is 0 Å². The maximum atomic E-state index is 12.7. The molecular weight excluding hydrogens is 332 g/mol. The minimum absolute atomic E-state index is 0.291. The molecule has 1 atom stereocenters. The number of rotatable bonds is 4. The second kappa shape index (κ2) is 7.69. The number of benzene rings is 1. The predicted octanol–water partition coefficient (Wildman–Crippen LogP) is 5.66. The summed E-state index contributed by atoms with van der Waals surface area (Å²) in [6.07, 6.45) is 6.25. The Labute approximate surface area is 164 Å². The summed E-state index contributed by atoms with van der Waals surface area (Å²) in [6.45, 7) is 12.9. The molecule has 3 nitrogen and oxygen atoms in total. The van der Waals surface area contributed by atoms with Gasteiger partial charge in [0.05, 0.1) is 0 Å². The average molecular weight is 369 g/mol. The van der Waals surface area contributed by atoms with E-state index in [2.05, 4.69) is 75.5 Å². The molecule has 0 unspecified atom stereocenters. The van der Waals surface area contributed by atoms with Gasteiger partial charge in [0.1, 0.15) is 0 Å². The summed E-state index contributed by atoms with van der Waals surface area (Å²) < 4.78 is 2.25. The lowest BCUT2D eigenvalue weighted by atomic mass is 9.83. The highest BCUT2D eigenvalue weighted by atomic mass is 16.2. The number of piperidine rings is 1. The zero-order valence-corrected chi connectivity index (χ0v) is 18.0. The molecule has 0 spiro atoms. The normalized spacial score (nSPS) is 17.5. The standard InChI is InChI=1S/C24H36N2O/c1-17-7-8-22-20(13-17)21(16-25(22)6)19-9-11-26(12-10-19)23(27)14-18(2)15-24(3,4)5/h7-8,13,16,18-19H,9-12,14-15H2,1-6H3/t18-/m1/s1. The van der Waals surface area contributed by atoms with Gasteiger partial charge in [-0.15, -0.1) is 0 Å². The van der Waals surface area contributed by atoms with Gasteiger partial charge in [0, 0.05) is 43.7 Å². The second-order valence-corrected chi connectivity index (χ2v) is 9.95. The van der Waals surface area contributed by atoms with E-state index in [1.165, 1.54) is 22.0 Å². The lowest BCUT2D eigenvalue weighted by Crippen LogP contribution is -2.38. The molecule has 148 valence electrons. The van der Waals surface area contributed by atoms with E-state index in [-0.39, 0.29) is 0 Å². The third-order valence-electron chi connectivity index (χ3n) is 5.95. The Kier molecular flexibility index (Phi) is 5.69. The molecule has 1 aliphatic rings. The highest BCUT2D eigenvalue weighted by molar-refractivity contribution is 5.85. The first-order chi connectivity index (χ1) is 12.6. The van der Waals surface area contributed by atoms with Crippen LogP contribution in [0, 0.1) is 18.3 Å². The Morgan fingerprint density at radius 3 is 2.52 bits per heavy atom. The molecule has 1 aromatic carbocycles. The van der Waals surface area contributed by atoms with Gasteiger partial charge in [-0.25, -0.2) is 0 Å². The Hall–Kier alpha value is -1.77. The maximum Gasteiger partial charge on any atom is 0.222 e. The summed E-state index contributed by atoms with van der Waals surface area (Å²) in [5.41, 5.74) is 4.38. The number of hydrogen-bond acceptors (Lipinski definition) is 1. The molecule has 3 rings (SSSR count). The van der Waals surface area contributed by atoms with Crippen LogP contribution in [0.3, 0.4) is 0 Å². The van der Waals surface area contributed by atoms with Gasteiger partial charge in [-0.1, -0.05) is 39.3 Å². The number of fused-ring (bicyclic) bond motifs is 1. The number of amides is 1. The molecule has 1 amide bonds. The molecule has 0 bridgehead atoms. The van der Waals surface area contributed by atoms with Gasteiger partial charge in [-0.3, -0.25) is 4.79 Å². The van der Waals surface area contributed by atoms with Gasteiger partial charge in [-0.2, -0.15) is 0 Å². The van der Waals surface area contributed by atoms with Gasteiger partial charge < -0.3 is 9.47 Å². The molecule has 1 fully saturated rings. The number of aromatic nitrogens is 1. The van der Waals surface area contributed by atoms with Gasteiger partial charge >= 0.3 is 0 Å². The summed E-state index contributed by atoms with van der Waals surface area (Å²) in [4.78, 5) is 14.8. The Morgan fingerprint density at radius 2 is 1.89 bits per heavy atom. The van der Waals surface area contributed by atoms with Crippen molar-refractivity contribution in [1.82, 2.24) is 9.47 Å². The maximum absolute atomic E-state index is 12.7. The number of aryl methyl sites for hydroxylation is 2. The van der Waals surface area contributed by atoms with Crippen molar-refractivity contribution in [3.8, 4) is 0 Å². The fraction of sp³-hybridized carbons (Fsp3) is 0.625. The zero-order chi connectivity index (χ0) is 19.8. The molecule has 1 aliphatic heterocycles. The van der Waals surface area contributed by atoms with E-state index in [0.29, 0.717) is 29.6 Å².